The SMILES string of the molecule is ON=C1CCCCCCC1Sc1nn[nH]n1. The van der Waals surface area contributed by atoms with E-state index in [1.165, 1.54) is 24.6 Å². The van der Waals surface area contributed by atoms with Crippen molar-refractivity contribution in [1.82, 2.24) is 20.6 Å². The number of nitrogens with one attached hydrogen (secondary N) is 1. The maximum Gasteiger partial charge on any atom is 0.231 e. The molecule has 1 saturated carbocycles. The minimum Gasteiger partial charge on any atom is -0.411 e. The van der Waals surface area contributed by atoms with Crippen LogP contribution in [-0.4, -0.2) is 36.8 Å². The maximum absolute atomic E-state index is 9.02. The highest BCUT2D eigenvalue weighted by Crippen LogP contribution is 2.28. The van der Waals surface area contributed by atoms with Crippen LogP contribution in [0.2, 0.25) is 0 Å². The topological polar surface area (TPSA) is 87.0 Å². The zero-order valence-corrected chi connectivity index (χ0v) is 9.78. The van der Waals surface area contributed by atoms with Gasteiger partial charge in [0.25, 0.3) is 0 Å². The van der Waals surface area contributed by atoms with Crippen molar-refractivity contribution in [3.05, 3.63) is 0 Å². The minimum absolute atomic E-state index is 0.183. The van der Waals surface area contributed by atoms with Gasteiger partial charge in [0.1, 0.15) is 0 Å². The second-order valence-electron chi connectivity index (χ2n) is 3.85. The number of oxime groups is 1. The average molecular weight is 241 g/mol. The monoisotopic (exact) mass is 241 g/mol. The van der Waals surface area contributed by atoms with Gasteiger partial charge in [-0.15, -0.1) is 10.2 Å². The number of hydrogen-bond acceptors (Lipinski definition) is 6. The number of tetrazole rings is 1. The molecule has 1 unspecified atom stereocenters. The first kappa shape index (κ1) is 11.4. The molecule has 1 aromatic rings. The van der Waals surface area contributed by atoms with Crippen LogP contribution in [0.25, 0.3) is 0 Å². The van der Waals surface area contributed by atoms with Gasteiger partial charge in [0.2, 0.25) is 5.16 Å². The normalized spacial score (nSPS) is 25.2. The highest BCUT2D eigenvalue weighted by Gasteiger charge is 2.21. The van der Waals surface area contributed by atoms with Crippen LogP contribution in [0.1, 0.15) is 38.5 Å². The van der Waals surface area contributed by atoms with Crippen LogP contribution >= 0.6 is 11.8 Å². The molecule has 0 saturated heterocycles. The molecule has 1 heterocycles. The lowest BCUT2D eigenvalue weighted by Crippen LogP contribution is -2.19. The van der Waals surface area contributed by atoms with Gasteiger partial charge in [-0.05, 0) is 24.5 Å². The first-order valence-electron chi connectivity index (χ1n) is 5.51. The number of aromatic amines is 1. The van der Waals surface area contributed by atoms with Crippen LogP contribution in [0.3, 0.4) is 0 Å². The summed E-state index contributed by atoms with van der Waals surface area (Å²) < 4.78 is 0. The third kappa shape index (κ3) is 2.94. The van der Waals surface area contributed by atoms with Crippen molar-refractivity contribution in [3.8, 4) is 0 Å². The van der Waals surface area contributed by atoms with Gasteiger partial charge in [0.15, 0.2) is 0 Å². The van der Waals surface area contributed by atoms with Crippen molar-refractivity contribution in [2.24, 2.45) is 5.16 Å². The molecule has 0 aromatic carbocycles. The lowest BCUT2D eigenvalue weighted by molar-refractivity contribution is 0.315. The standard InChI is InChI=1S/C9H15N5OS/c15-12-7-5-3-1-2-4-6-8(7)16-9-10-13-14-11-9/h8,15H,1-6H2,(H,10,11,13,14). The fourth-order valence-electron chi connectivity index (χ4n) is 1.89. The van der Waals surface area contributed by atoms with Crippen LogP contribution in [0.4, 0.5) is 0 Å². The Morgan fingerprint density at radius 1 is 1.31 bits per heavy atom. The molecular weight excluding hydrogens is 226 g/mol. The summed E-state index contributed by atoms with van der Waals surface area (Å²) in [5.41, 5.74) is 0.856. The zero-order chi connectivity index (χ0) is 11.2. The lowest BCUT2D eigenvalue weighted by atomic mass is 9.99. The van der Waals surface area contributed by atoms with E-state index in [1.807, 2.05) is 0 Å². The quantitative estimate of drug-likeness (QED) is 0.609. The summed E-state index contributed by atoms with van der Waals surface area (Å²) in [6.45, 7) is 0. The molecule has 1 fully saturated rings. The molecule has 88 valence electrons. The van der Waals surface area contributed by atoms with E-state index in [0.29, 0.717) is 5.16 Å². The minimum atomic E-state index is 0.183. The Bertz CT molecular complexity index is 340. The Labute approximate surface area is 97.9 Å². The summed E-state index contributed by atoms with van der Waals surface area (Å²) in [6.07, 6.45) is 6.61. The van der Waals surface area contributed by atoms with Gasteiger partial charge in [-0.2, -0.15) is 5.21 Å². The van der Waals surface area contributed by atoms with Crippen molar-refractivity contribution in [3.63, 3.8) is 0 Å². The van der Waals surface area contributed by atoms with Gasteiger partial charge in [0, 0.05) is 0 Å². The van der Waals surface area contributed by atoms with E-state index in [-0.39, 0.29) is 5.25 Å². The third-order valence-corrected chi connectivity index (χ3v) is 3.90. The molecule has 1 atom stereocenters. The molecule has 1 aliphatic rings. The van der Waals surface area contributed by atoms with Crippen molar-refractivity contribution >= 4 is 17.5 Å². The van der Waals surface area contributed by atoms with Gasteiger partial charge in [-0.25, -0.2) is 0 Å². The van der Waals surface area contributed by atoms with Gasteiger partial charge >= 0.3 is 0 Å². The fraction of sp³-hybridized carbons (Fsp3) is 0.778. The average Bonchev–Trinajstić information content (AvgIpc) is 2.75. The van der Waals surface area contributed by atoms with E-state index in [0.717, 1.165) is 31.4 Å². The summed E-state index contributed by atoms with van der Waals surface area (Å²) >= 11 is 1.52. The number of thioether (sulfide) groups is 1. The Morgan fingerprint density at radius 2 is 2.19 bits per heavy atom. The molecule has 0 radical (unpaired) electrons. The van der Waals surface area contributed by atoms with E-state index < -0.39 is 0 Å². The van der Waals surface area contributed by atoms with Gasteiger partial charge in [0.05, 0.1) is 11.0 Å². The summed E-state index contributed by atoms with van der Waals surface area (Å²) in [4.78, 5) is 0. The van der Waals surface area contributed by atoms with Crippen LogP contribution in [0, 0.1) is 0 Å². The van der Waals surface area contributed by atoms with Gasteiger partial charge in [-0.1, -0.05) is 36.2 Å². The Hall–Kier alpha value is -1.11. The largest absolute Gasteiger partial charge is 0.411 e. The number of H-pyrrole nitrogens is 1. The van der Waals surface area contributed by atoms with E-state index in [9.17, 15) is 0 Å². The number of rotatable bonds is 2. The molecule has 1 aliphatic carbocycles. The summed E-state index contributed by atoms with van der Waals surface area (Å²) in [6, 6.07) is 0. The molecule has 0 bridgehead atoms. The van der Waals surface area contributed by atoms with Crippen molar-refractivity contribution in [1.29, 1.82) is 0 Å². The van der Waals surface area contributed by atoms with Gasteiger partial charge < -0.3 is 5.21 Å². The number of hydrogen-bond donors (Lipinski definition) is 2. The Balaban J connectivity index is 2.02. The maximum atomic E-state index is 9.02. The summed E-state index contributed by atoms with van der Waals surface area (Å²) in [7, 11) is 0. The molecule has 2 rings (SSSR count). The molecule has 7 heteroatoms. The zero-order valence-electron chi connectivity index (χ0n) is 8.96. The predicted molar refractivity (Wildman–Crippen MR) is 60.7 cm³/mol. The smallest absolute Gasteiger partial charge is 0.231 e. The first-order chi connectivity index (χ1) is 7.90. The van der Waals surface area contributed by atoms with Crippen molar-refractivity contribution in [2.75, 3.05) is 0 Å². The molecule has 0 spiro atoms. The summed E-state index contributed by atoms with van der Waals surface area (Å²) in [5.74, 6) is 0. The van der Waals surface area contributed by atoms with Gasteiger partial charge in [-0.3, -0.25) is 0 Å². The second kappa shape index (κ2) is 5.83. The summed E-state index contributed by atoms with van der Waals surface area (Å²) in [5, 5.41) is 27.0. The molecule has 16 heavy (non-hydrogen) atoms. The first-order valence-corrected chi connectivity index (χ1v) is 6.39. The van der Waals surface area contributed by atoms with Crippen molar-refractivity contribution in [2.45, 2.75) is 48.9 Å². The molecule has 0 aliphatic heterocycles. The van der Waals surface area contributed by atoms with Crippen LogP contribution in [0.15, 0.2) is 10.3 Å². The number of nitrogens with zero attached hydrogens (tertiary/aromatic N) is 4. The molecule has 6 nitrogen and oxygen atoms in total. The molecule has 0 amide bonds. The molecular formula is C9H15N5OS. The molecule has 2 N–H and O–H groups in total. The number of aromatic nitrogens is 4. The molecule has 1 aromatic heterocycles. The Kier molecular flexibility index (Phi) is 4.15. The predicted octanol–water partition coefficient (Wildman–Crippen LogP) is 1.84. The van der Waals surface area contributed by atoms with Crippen molar-refractivity contribution < 1.29 is 5.21 Å². The van der Waals surface area contributed by atoms with Crippen LogP contribution in [0.5, 0.6) is 0 Å². The highest BCUT2D eigenvalue weighted by atomic mass is 32.2. The fourth-order valence-corrected chi connectivity index (χ4v) is 2.91. The second-order valence-corrected chi connectivity index (χ2v) is 5.01. The third-order valence-electron chi connectivity index (χ3n) is 2.72. The van der Waals surface area contributed by atoms with E-state index in [2.05, 4.69) is 25.8 Å². The lowest BCUT2D eigenvalue weighted by Gasteiger charge is -2.18. The van der Waals surface area contributed by atoms with E-state index >= 15 is 0 Å². The van der Waals surface area contributed by atoms with E-state index in [4.69, 9.17) is 5.21 Å². The highest BCUT2D eigenvalue weighted by molar-refractivity contribution is 8.00. The van der Waals surface area contributed by atoms with Crippen LogP contribution < -0.4 is 0 Å². The Morgan fingerprint density at radius 3 is 2.94 bits per heavy atom. The van der Waals surface area contributed by atoms with Crippen LogP contribution in [-0.2, 0) is 0 Å². The van der Waals surface area contributed by atoms with E-state index in [1.54, 1.807) is 0 Å².